The second kappa shape index (κ2) is 10.2. The van der Waals surface area contributed by atoms with Crippen LogP contribution in [0, 0.1) is 5.92 Å². The van der Waals surface area contributed by atoms with Crippen LogP contribution in [0.1, 0.15) is 29.7 Å². The van der Waals surface area contributed by atoms with Gasteiger partial charge in [0, 0.05) is 37.8 Å². The number of aliphatic imine (C=N–C) groups is 1. The number of thiazole rings is 1. The van der Waals surface area contributed by atoms with Crippen LogP contribution in [0.2, 0.25) is 0 Å². The van der Waals surface area contributed by atoms with Gasteiger partial charge in [0.25, 0.3) is 0 Å². The zero-order chi connectivity index (χ0) is 20.7. The fourth-order valence-electron chi connectivity index (χ4n) is 3.31. The van der Waals surface area contributed by atoms with Gasteiger partial charge in [-0.15, -0.1) is 11.3 Å². The molecule has 29 heavy (non-hydrogen) atoms. The molecule has 0 amide bonds. The molecule has 1 aliphatic heterocycles. The van der Waals surface area contributed by atoms with Gasteiger partial charge in [-0.3, -0.25) is 4.99 Å². The smallest absolute Gasteiger partial charge is 0.243 e. The first kappa shape index (κ1) is 21.7. The monoisotopic (exact) mass is 435 g/mol. The van der Waals surface area contributed by atoms with Gasteiger partial charge in [0.1, 0.15) is 5.01 Å². The molecule has 3 rings (SSSR count). The predicted octanol–water partition coefficient (Wildman–Crippen LogP) is 2.47. The average molecular weight is 436 g/mol. The van der Waals surface area contributed by atoms with Crippen molar-refractivity contribution in [3.63, 3.8) is 0 Å². The van der Waals surface area contributed by atoms with Crippen molar-refractivity contribution in [2.75, 3.05) is 26.7 Å². The molecule has 0 radical (unpaired) electrons. The molecule has 0 saturated carbocycles. The molecule has 7 nitrogen and oxygen atoms in total. The molecule has 1 fully saturated rings. The summed E-state index contributed by atoms with van der Waals surface area (Å²) in [6.07, 6.45) is 4.60. The molecule has 9 heteroatoms. The van der Waals surface area contributed by atoms with Crippen molar-refractivity contribution in [2.45, 2.75) is 37.6 Å². The molecule has 1 aliphatic rings. The number of hydrogen-bond donors (Lipinski definition) is 2. The number of piperidine rings is 1. The Morgan fingerprint density at radius 1 is 1.24 bits per heavy atom. The maximum Gasteiger partial charge on any atom is 0.243 e. The summed E-state index contributed by atoms with van der Waals surface area (Å²) >= 11 is 1.71. The number of nitrogens with zero attached hydrogens (tertiary/aromatic N) is 3. The molecule has 2 N–H and O–H groups in total. The van der Waals surface area contributed by atoms with E-state index in [1.54, 1.807) is 47.0 Å². The first-order valence-corrected chi connectivity index (χ1v) is 12.2. The Kier molecular flexibility index (Phi) is 7.63. The van der Waals surface area contributed by atoms with E-state index in [1.807, 2.05) is 12.3 Å². The van der Waals surface area contributed by atoms with Crippen molar-refractivity contribution in [3.8, 4) is 0 Å². The van der Waals surface area contributed by atoms with Crippen LogP contribution >= 0.6 is 11.3 Å². The summed E-state index contributed by atoms with van der Waals surface area (Å²) in [7, 11) is -1.64. The summed E-state index contributed by atoms with van der Waals surface area (Å²) in [4.78, 5) is 10.3. The molecule has 0 bridgehead atoms. The van der Waals surface area contributed by atoms with E-state index >= 15 is 0 Å². The lowest BCUT2D eigenvalue weighted by molar-refractivity contribution is 0.273. The standard InChI is InChI=1S/C20H29N5O2S2/c1-3-17-14-22-19(28-17)15-24-20(21-2)23-13-16-9-11-25(12-10-16)29(26,27)18-7-5-4-6-8-18/h4-8,14,16H,3,9-13,15H2,1-2H3,(H2,21,23,24). The summed E-state index contributed by atoms with van der Waals surface area (Å²) in [5, 5.41) is 7.71. The van der Waals surface area contributed by atoms with Gasteiger partial charge < -0.3 is 10.6 Å². The number of hydrogen-bond acceptors (Lipinski definition) is 5. The molecule has 1 saturated heterocycles. The van der Waals surface area contributed by atoms with Crippen molar-refractivity contribution < 1.29 is 8.42 Å². The zero-order valence-corrected chi connectivity index (χ0v) is 18.6. The molecule has 1 aromatic carbocycles. The molecule has 2 aromatic rings. The maximum absolute atomic E-state index is 12.7. The number of benzene rings is 1. The third-order valence-electron chi connectivity index (χ3n) is 5.09. The minimum Gasteiger partial charge on any atom is -0.356 e. The fourth-order valence-corrected chi connectivity index (χ4v) is 5.60. The van der Waals surface area contributed by atoms with Crippen molar-refractivity contribution in [1.82, 2.24) is 19.9 Å². The predicted molar refractivity (Wildman–Crippen MR) is 118 cm³/mol. The van der Waals surface area contributed by atoms with Crippen molar-refractivity contribution in [3.05, 3.63) is 46.4 Å². The lowest BCUT2D eigenvalue weighted by Crippen LogP contribution is -2.44. The number of guanidine groups is 1. The Labute approximate surface area is 177 Å². The Balaban J connectivity index is 1.44. The van der Waals surface area contributed by atoms with E-state index < -0.39 is 10.0 Å². The summed E-state index contributed by atoms with van der Waals surface area (Å²) in [6.45, 7) is 4.65. The topological polar surface area (TPSA) is 86.7 Å². The van der Waals surface area contributed by atoms with Gasteiger partial charge >= 0.3 is 0 Å². The largest absolute Gasteiger partial charge is 0.356 e. The lowest BCUT2D eigenvalue weighted by atomic mass is 9.98. The molecule has 1 aromatic heterocycles. The van der Waals surface area contributed by atoms with Gasteiger partial charge in [0.05, 0.1) is 11.4 Å². The maximum atomic E-state index is 12.7. The highest BCUT2D eigenvalue weighted by atomic mass is 32.2. The van der Waals surface area contributed by atoms with Crippen molar-refractivity contribution >= 4 is 27.3 Å². The van der Waals surface area contributed by atoms with Gasteiger partial charge in [-0.05, 0) is 37.3 Å². The molecule has 0 atom stereocenters. The highest BCUT2D eigenvalue weighted by molar-refractivity contribution is 7.89. The second-order valence-electron chi connectivity index (χ2n) is 7.04. The second-order valence-corrected chi connectivity index (χ2v) is 10.2. The Bertz CT molecular complexity index is 904. The van der Waals surface area contributed by atoms with Crippen molar-refractivity contribution in [1.29, 1.82) is 0 Å². The van der Waals surface area contributed by atoms with Gasteiger partial charge in [0.2, 0.25) is 10.0 Å². The molecule has 0 unspecified atom stereocenters. The summed E-state index contributed by atoms with van der Waals surface area (Å²) in [5.74, 6) is 1.17. The molecule has 2 heterocycles. The van der Waals surface area contributed by atoms with Crippen LogP contribution in [0.3, 0.4) is 0 Å². The molecule has 0 aliphatic carbocycles. The number of aromatic nitrogens is 1. The Hall–Kier alpha value is -1.97. The quantitative estimate of drug-likeness (QED) is 0.515. The first-order valence-electron chi connectivity index (χ1n) is 9.96. The van der Waals surface area contributed by atoms with E-state index in [1.165, 1.54) is 4.88 Å². The minimum atomic E-state index is -3.39. The van der Waals surface area contributed by atoms with Gasteiger partial charge in [-0.2, -0.15) is 4.31 Å². The summed E-state index contributed by atoms with van der Waals surface area (Å²) < 4.78 is 27.0. The number of aryl methyl sites for hydroxylation is 1. The third-order valence-corrected chi connectivity index (χ3v) is 8.15. The normalized spacial score (nSPS) is 16.7. The van der Waals surface area contributed by atoms with E-state index in [0.29, 0.717) is 30.4 Å². The van der Waals surface area contributed by atoms with Gasteiger partial charge in [0.15, 0.2) is 5.96 Å². The van der Waals surface area contributed by atoms with Crippen LogP contribution in [0.4, 0.5) is 0 Å². The molecular weight excluding hydrogens is 406 g/mol. The van der Waals surface area contributed by atoms with Crippen LogP contribution < -0.4 is 10.6 Å². The van der Waals surface area contributed by atoms with E-state index in [4.69, 9.17) is 0 Å². The van der Waals surface area contributed by atoms with Crippen LogP contribution in [-0.4, -0.2) is 50.3 Å². The highest BCUT2D eigenvalue weighted by Gasteiger charge is 2.29. The SMILES string of the molecule is CCc1cnc(CNC(=NC)NCC2CCN(S(=O)(=O)c3ccccc3)CC2)s1. The van der Waals surface area contributed by atoms with Crippen LogP contribution in [-0.2, 0) is 23.0 Å². The minimum absolute atomic E-state index is 0.370. The van der Waals surface area contributed by atoms with Crippen LogP contribution in [0.5, 0.6) is 0 Å². The van der Waals surface area contributed by atoms with Gasteiger partial charge in [-0.25, -0.2) is 13.4 Å². The Morgan fingerprint density at radius 2 is 1.97 bits per heavy atom. The summed E-state index contributed by atoms with van der Waals surface area (Å²) in [5.41, 5.74) is 0. The summed E-state index contributed by atoms with van der Waals surface area (Å²) in [6, 6.07) is 8.66. The van der Waals surface area contributed by atoms with Crippen molar-refractivity contribution in [2.24, 2.45) is 10.9 Å². The van der Waals surface area contributed by atoms with Crippen LogP contribution in [0.25, 0.3) is 0 Å². The highest BCUT2D eigenvalue weighted by Crippen LogP contribution is 2.23. The fraction of sp³-hybridized carbons (Fsp3) is 0.500. The van der Waals surface area contributed by atoms with E-state index in [2.05, 4.69) is 27.5 Å². The number of nitrogens with one attached hydrogen (secondary N) is 2. The van der Waals surface area contributed by atoms with Gasteiger partial charge in [-0.1, -0.05) is 25.1 Å². The van der Waals surface area contributed by atoms with E-state index in [0.717, 1.165) is 36.8 Å². The molecule has 0 spiro atoms. The Morgan fingerprint density at radius 3 is 2.59 bits per heavy atom. The zero-order valence-electron chi connectivity index (χ0n) is 17.0. The average Bonchev–Trinajstić information content (AvgIpc) is 3.23. The van der Waals surface area contributed by atoms with E-state index in [9.17, 15) is 8.42 Å². The van der Waals surface area contributed by atoms with E-state index in [-0.39, 0.29) is 0 Å². The first-order chi connectivity index (χ1) is 14.0. The lowest BCUT2D eigenvalue weighted by Gasteiger charge is -2.31. The van der Waals surface area contributed by atoms with Crippen LogP contribution in [0.15, 0.2) is 46.4 Å². The molecular formula is C20H29N5O2S2. The number of sulfonamides is 1. The number of rotatable bonds is 7. The third kappa shape index (κ3) is 5.77. The molecule has 158 valence electrons.